The van der Waals surface area contributed by atoms with Gasteiger partial charge in [-0.3, -0.25) is 0 Å². The second-order valence-corrected chi connectivity index (χ2v) is 4.59. The average molecular weight is 190 g/mol. The normalized spacial score (nSPS) is 28.8. The van der Waals surface area contributed by atoms with Gasteiger partial charge in [0.25, 0.3) is 0 Å². The molecule has 0 amide bonds. The second kappa shape index (κ2) is 3.39. The molecule has 1 aromatic rings. The molecule has 0 radical (unpaired) electrons. The minimum Gasteiger partial charge on any atom is -0.377 e. The Hall–Kier alpha value is -0.820. The Morgan fingerprint density at radius 3 is 2.43 bits per heavy atom. The van der Waals surface area contributed by atoms with Crippen molar-refractivity contribution in [3.8, 4) is 0 Å². The van der Waals surface area contributed by atoms with Gasteiger partial charge in [0, 0.05) is 17.9 Å². The summed E-state index contributed by atoms with van der Waals surface area (Å²) >= 11 is 0. The van der Waals surface area contributed by atoms with E-state index in [1.54, 1.807) is 0 Å². The fraction of sp³-hybridized carbons (Fsp3) is 0.538. The molecular weight excluding hydrogens is 172 g/mol. The minimum atomic E-state index is 0.317. The van der Waals surface area contributed by atoms with Crippen molar-refractivity contribution in [3.05, 3.63) is 35.9 Å². The first kappa shape index (κ1) is 9.72. The number of hydrogen-bond acceptors (Lipinski definition) is 1. The summed E-state index contributed by atoms with van der Waals surface area (Å²) in [7, 11) is 0. The van der Waals surface area contributed by atoms with E-state index in [1.807, 2.05) is 0 Å². The Morgan fingerprint density at radius 1 is 1.21 bits per heavy atom. The Morgan fingerprint density at radius 2 is 1.86 bits per heavy atom. The molecule has 1 heteroatoms. The van der Waals surface area contributed by atoms with E-state index in [0.29, 0.717) is 17.4 Å². The van der Waals surface area contributed by atoms with Gasteiger partial charge in [0.1, 0.15) is 0 Å². The van der Waals surface area contributed by atoms with E-state index in [9.17, 15) is 0 Å². The van der Waals surface area contributed by atoms with Crippen molar-refractivity contribution in [1.82, 2.24) is 0 Å². The van der Waals surface area contributed by atoms with Crippen LogP contribution in [-0.2, 0) is 4.74 Å². The van der Waals surface area contributed by atoms with E-state index in [0.717, 1.165) is 6.61 Å². The lowest BCUT2D eigenvalue weighted by Gasteiger charge is -2.00. The highest BCUT2D eigenvalue weighted by Crippen LogP contribution is 2.60. The maximum atomic E-state index is 5.74. The molecule has 2 unspecified atom stereocenters. The largest absolute Gasteiger partial charge is 0.377 e. The van der Waals surface area contributed by atoms with Gasteiger partial charge in [-0.05, 0) is 12.5 Å². The molecule has 14 heavy (non-hydrogen) atoms. The Bertz CT molecular complexity index is 302. The van der Waals surface area contributed by atoms with Crippen molar-refractivity contribution in [2.45, 2.75) is 32.8 Å². The third-order valence-electron chi connectivity index (χ3n) is 3.23. The lowest BCUT2D eigenvalue weighted by molar-refractivity contribution is 0.106. The monoisotopic (exact) mass is 190 g/mol. The summed E-state index contributed by atoms with van der Waals surface area (Å²) in [5.41, 5.74) is 1.73. The summed E-state index contributed by atoms with van der Waals surface area (Å²) in [5, 5.41) is 0. The molecule has 1 nitrogen and oxygen atoms in total. The van der Waals surface area contributed by atoms with Gasteiger partial charge in [0.05, 0.1) is 6.10 Å². The van der Waals surface area contributed by atoms with Gasteiger partial charge in [-0.1, -0.05) is 44.2 Å². The topological polar surface area (TPSA) is 9.23 Å². The van der Waals surface area contributed by atoms with Crippen LogP contribution in [0.15, 0.2) is 30.3 Å². The molecule has 2 atom stereocenters. The van der Waals surface area contributed by atoms with E-state index in [-0.39, 0.29) is 0 Å². The van der Waals surface area contributed by atoms with Crippen LogP contribution in [0.5, 0.6) is 0 Å². The smallest absolute Gasteiger partial charge is 0.0707 e. The minimum absolute atomic E-state index is 0.317. The third kappa shape index (κ3) is 1.46. The lowest BCUT2D eigenvalue weighted by Crippen LogP contribution is -2.00. The molecule has 1 aliphatic carbocycles. The molecule has 1 aliphatic rings. The van der Waals surface area contributed by atoms with Gasteiger partial charge in [0.2, 0.25) is 0 Å². The van der Waals surface area contributed by atoms with E-state index in [2.05, 4.69) is 51.1 Å². The molecular formula is C13H18O. The van der Waals surface area contributed by atoms with Crippen LogP contribution in [-0.4, -0.2) is 12.7 Å². The molecule has 0 spiro atoms. The van der Waals surface area contributed by atoms with Gasteiger partial charge in [-0.25, -0.2) is 0 Å². The number of benzene rings is 1. The van der Waals surface area contributed by atoms with Gasteiger partial charge in [-0.15, -0.1) is 0 Å². The van der Waals surface area contributed by atoms with Crippen LogP contribution in [0.3, 0.4) is 0 Å². The fourth-order valence-corrected chi connectivity index (χ4v) is 2.35. The summed E-state index contributed by atoms with van der Waals surface area (Å²) in [6.07, 6.45) is 0.412. The van der Waals surface area contributed by atoms with Crippen LogP contribution in [0.1, 0.15) is 32.3 Å². The number of hydrogen-bond donors (Lipinski definition) is 0. The molecule has 0 aromatic heterocycles. The highest BCUT2D eigenvalue weighted by molar-refractivity contribution is 5.32. The predicted molar refractivity (Wildman–Crippen MR) is 58.4 cm³/mol. The SMILES string of the molecule is CCOC1C(c2ccccc2)C1(C)C. The summed E-state index contributed by atoms with van der Waals surface area (Å²) in [5.74, 6) is 0.587. The van der Waals surface area contributed by atoms with Crippen molar-refractivity contribution in [2.24, 2.45) is 5.41 Å². The predicted octanol–water partition coefficient (Wildman–Crippen LogP) is 3.22. The quantitative estimate of drug-likeness (QED) is 0.711. The molecule has 0 aliphatic heterocycles. The molecule has 1 fully saturated rings. The molecule has 76 valence electrons. The zero-order valence-corrected chi connectivity index (χ0v) is 9.16. The molecule has 0 saturated heterocycles. The molecule has 1 saturated carbocycles. The standard InChI is InChI=1S/C13H18O/c1-4-14-12-11(13(12,2)3)10-8-6-5-7-9-10/h5-9,11-12H,4H2,1-3H3. The van der Waals surface area contributed by atoms with Crippen molar-refractivity contribution in [1.29, 1.82) is 0 Å². The van der Waals surface area contributed by atoms with E-state index in [1.165, 1.54) is 5.56 Å². The van der Waals surface area contributed by atoms with Crippen LogP contribution in [0.2, 0.25) is 0 Å². The van der Waals surface area contributed by atoms with Gasteiger partial charge < -0.3 is 4.74 Å². The van der Waals surface area contributed by atoms with Crippen LogP contribution in [0.25, 0.3) is 0 Å². The zero-order chi connectivity index (χ0) is 10.2. The highest BCUT2D eigenvalue weighted by atomic mass is 16.5. The van der Waals surface area contributed by atoms with E-state index >= 15 is 0 Å². The zero-order valence-electron chi connectivity index (χ0n) is 9.16. The third-order valence-corrected chi connectivity index (χ3v) is 3.23. The van der Waals surface area contributed by atoms with Gasteiger partial charge >= 0.3 is 0 Å². The van der Waals surface area contributed by atoms with E-state index < -0.39 is 0 Å². The fourth-order valence-electron chi connectivity index (χ4n) is 2.35. The van der Waals surface area contributed by atoms with Crippen molar-refractivity contribution >= 4 is 0 Å². The lowest BCUT2D eigenvalue weighted by atomic mass is 10.0. The average Bonchev–Trinajstić information content (AvgIpc) is 2.71. The van der Waals surface area contributed by atoms with Crippen LogP contribution in [0.4, 0.5) is 0 Å². The first-order valence-corrected chi connectivity index (χ1v) is 5.34. The number of rotatable bonds is 3. The van der Waals surface area contributed by atoms with Crippen molar-refractivity contribution < 1.29 is 4.74 Å². The van der Waals surface area contributed by atoms with Crippen LogP contribution < -0.4 is 0 Å². The Balaban J connectivity index is 2.15. The maximum Gasteiger partial charge on any atom is 0.0707 e. The van der Waals surface area contributed by atoms with E-state index in [4.69, 9.17) is 4.74 Å². The summed E-state index contributed by atoms with van der Waals surface area (Å²) < 4.78 is 5.74. The molecule has 0 bridgehead atoms. The van der Waals surface area contributed by atoms with Gasteiger partial charge in [0.15, 0.2) is 0 Å². The van der Waals surface area contributed by atoms with Gasteiger partial charge in [-0.2, -0.15) is 0 Å². The Kier molecular flexibility index (Phi) is 2.36. The molecule has 2 rings (SSSR count). The van der Waals surface area contributed by atoms with Crippen LogP contribution in [0, 0.1) is 5.41 Å². The summed E-state index contributed by atoms with van der Waals surface area (Å²) in [6.45, 7) is 7.45. The summed E-state index contributed by atoms with van der Waals surface area (Å²) in [4.78, 5) is 0. The summed E-state index contributed by atoms with van der Waals surface area (Å²) in [6, 6.07) is 10.7. The highest BCUT2D eigenvalue weighted by Gasteiger charge is 2.59. The maximum absolute atomic E-state index is 5.74. The first-order valence-electron chi connectivity index (χ1n) is 5.34. The molecule has 0 heterocycles. The first-order chi connectivity index (χ1) is 6.68. The Labute approximate surface area is 86.1 Å². The van der Waals surface area contributed by atoms with Crippen LogP contribution >= 0.6 is 0 Å². The molecule has 1 aromatic carbocycles. The van der Waals surface area contributed by atoms with Crippen molar-refractivity contribution in [3.63, 3.8) is 0 Å². The molecule has 0 N–H and O–H groups in total. The number of ether oxygens (including phenoxy) is 1. The van der Waals surface area contributed by atoms with Crippen molar-refractivity contribution in [2.75, 3.05) is 6.61 Å². The second-order valence-electron chi connectivity index (χ2n) is 4.59.